The number of nitrogens with zero attached hydrogens (tertiary/aromatic N) is 1. The predicted octanol–water partition coefficient (Wildman–Crippen LogP) is 3.21. The summed E-state index contributed by atoms with van der Waals surface area (Å²) < 4.78 is 16.7. The molecule has 168 valence electrons. The lowest BCUT2D eigenvalue weighted by Gasteiger charge is -2.10. The molecular formula is C23H25N3O5S. The van der Waals surface area contributed by atoms with E-state index in [-0.39, 0.29) is 6.54 Å². The summed E-state index contributed by atoms with van der Waals surface area (Å²) in [7, 11) is 4.62. The molecule has 32 heavy (non-hydrogen) atoms. The molecule has 2 aromatic carbocycles. The van der Waals surface area contributed by atoms with Gasteiger partial charge < -0.3 is 19.5 Å². The number of hydrogen-bond acceptors (Lipinski definition) is 7. The maximum Gasteiger partial charge on any atom is 0.259 e. The third-order valence-electron chi connectivity index (χ3n) is 4.71. The third kappa shape index (κ3) is 5.63. The lowest BCUT2D eigenvalue weighted by Crippen LogP contribution is -2.35. The smallest absolute Gasteiger partial charge is 0.259 e. The highest BCUT2D eigenvalue weighted by Gasteiger charge is 2.13. The van der Waals surface area contributed by atoms with Crippen molar-refractivity contribution < 1.29 is 23.8 Å². The highest BCUT2D eigenvalue weighted by molar-refractivity contribution is 7.17. The Kier molecular flexibility index (Phi) is 8.18. The Bertz CT molecular complexity index is 1130. The summed E-state index contributed by atoms with van der Waals surface area (Å²) in [6, 6.07) is 12.8. The Labute approximate surface area is 190 Å². The minimum atomic E-state index is -0.437. The quantitative estimate of drug-likeness (QED) is 0.361. The van der Waals surface area contributed by atoms with Crippen LogP contribution in [0.1, 0.15) is 22.3 Å². The molecule has 1 heterocycles. The van der Waals surface area contributed by atoms with Gasteiger partial charge in [-0.1, -0.05) is 18.2 Å². The van der Waals surface area contributed by atoms with Crippen molar-refractivity contribution in [1.29, 1.82) is 0 Å². The minimum absolute atomic E-state index is 0.224. The fraction of sp³-hybridized carbons (Fsp3) is 0.261. The summed E-state index contributed by atoms with van der Waals surface area (Å²) in [5, 5.41) is 9.98. The fourth-order valence-corrected chi connectivity index (χ4v) is 4.03. The first-order chi connectivity index (χ1) is 15.6. The number of carbonyl (C=O) groups excluding carboxylic acids is 2. The Morgan fingerprint density at radius 1 is 1.03 bits per heavy atom. The van der Waals surface area contributed by atoms with Crippen molar-refractivity contribution in [3.63, 3.8) is 0 Å². The van der Waals surface area contributed by atoms with Crippen LogP contribution in [0.2, 0.25) is 0 Å². The first-order valence-corrected chi connectivity index (χ1v) is 10.8. The van der Waals surface area contributed by atoms with Crippen LogP contribution in [-0.4, -0.2) is 52.0 Å². The molecule has 2 amide bonds. The molecule has 0 atom stereocenters. The summed E-state index contributed by atoms with van der Waals surface area (Å²) >= 11 is 1.62. The summed E-state index contributed by atoms with van der Waals surface area (Å²) in [6.45, 7) is 0.244. The maximum absolute atomic E-state index is 12.4. The average molecular weight is 456 g/mol. The van der Waals surface area contributed by atoms with E-state index in [0.29, 0.717) is 35.8 Å². The normalized spacial score (nSPS) is 11.3. The second kappa shape index (κ2) is 11.3. The van der Waals surface area contributed by atoms with Gasteiger partial charge in [0.15, 0.2) is 11.5 Å². The highest BCUT2D eigenvalue weighted by atomic mass is 32.1. The van der Waals surface area contributed by atoms with Gasteiger partial charge in [-0.2, -0.15) is 5.10 Å². The zero-order chi connectivity index (χ0) is 22.9. The second-order valence-corrected chi connectivity index (χ2v) is 7.65. The molecule has 0 spiro atoms. The van der Waals surface area contributed by atoms with Gasteiger partial charge in [-0.15, -0.1) is 11.3 Å². The number of benzene rings is 2. The molecule has 3 aromatic rings. The second-order valence-electron chi connectivity index (χ2n) is 6.73. The Morgan fingerprint density at radius 3 is 2.56 bits per heavy atom. The molecule has 0 unspecified atom stereocenters. The van der Waals surface area contributed by atoms with Gasteiger partial charge in [-0.25, -0.2) is 5.43 Å². The molecule has 8 nitrogen and oxygen atoms in total. The van der Waals surface area contributed by atoms with Crippen LogP contribution in [0.3, 0.4) is 0 Å². The van der Waals surface area contributed by atoms with E-state index in [1.54, 1.807) is 36.6 Å². The van der Waals surface area contributed by atoms with Crippen LogP contribution in [0.15, 0.2) is 52.9 Å². The first-order valence-electron chi connectivity index (χ1n) is 9.88. The molecule has 0 aliphatic heterocycles. The van der Waals surface area contributed by atoms with Crippen LogP contribution >= 0.6 is 11.3 Å². The minimum Gasteiger partial charge on any atom is -0.493 e. The Morgan fingerprint density at radius 2 is 1.81 bits per heavy atom. The van der Waals surface area contributed by atoms with Crippen molar-refractivity contribution in [3.05, 3.63) is 59.0 Å². The lowest BCUT2D eigenvalue weighted by atomic mass is 10.1. The highest BCUT2D eigenvalue weighted by Crippen LogP contribution is 2.28. The van der Waals surface area contributed by atoms with Gasteiger partial charge in [0.1, 0.15) is 0 Å². The van der Waals surface area contributed by atoms with Crippen LogP contribution in [-0.2, 0) is 9.53 Å². The van der Waals surface area contributed by atoms with Gasteiger partial charge in [-0.3, -0.25) is 9.59 Å². The van der Waals surface area contributed by atoms with Gasteiger partial charge in [0.2, 0.25) is 0 Å². The third-order valence-corrected chi connectivity index (χ3v) is 5.67. The molecule has 2 N–H and O–H groups in total. The summed E-state index contributed by atoms with van der Waals surface area (Å²) in [5.41, 5.74) is 4.55. The monoisotopic (exact) mass is 455 g/mol. The molecule has 0 saturated heterocycles. The largest absolute Gasteiger partial charge is 0.493 e. The van der Waals surface area contributed by atoms with Gasteiger partial charge in [0.05, 0.1) is 33.1 Å². The van der Waals surface area contributed by atoms with Gasteiger partial charge in [0, 0.05) is 40.1 Å². The number of hydrogen-bond donors (Lipinski definition) is 2. The molecular weight excluding hydrogens is 430 g/mol. The average Bonchev–Trinajstić information content (AvgIpc) is 3.26. The van der Waals surface area contributed by atoms with E-state index in [1.807, 2.05) is 29.6 Å². The van der Waals surface area contributed by atoms with Crippen LogP contribution in [0, 0.1) is 0 Å². The van der Waals surface area contributed by atoms with Crippen molar-refractivity contribution in [2.45, 2.75) is 6.42 Å². The number of fused-ring (bicyclic) bond motifs is 1. The molecule has 1 aromatic heterocycles. The Hall–Kier alpha value is -3.43. The number of hydrazone groups is 1. The van der Waals surface area contributed by atoms with Crippen LogP contribution in [0.5, 0.6) is 11.5 Å². The van der Waals surface area contributed by atoms with E-state index in [1.165, 1.54) is 14.2 Å². The Balaban J connectivity index is 1.65. The van der Waals surface area contributed by atoms with Crippen molar-refractivity contribution in [2.24, 2.45) is 5.10 Å². The maximum atomic E-state index is 12.4. The van der Waals surface area contributed by atoms with E-state index >= 15 is 0 Å². The molecule has 0 radical (unpaired) electrons. The fourth-order valence-electron chi connectivity index (χ4n) is 3.06. The van der Waals surface area contributed by atoms with E-state index in [0.717, 1.165) is 15.6 Å². The summed E-state index contributed by atoms with van der Waals surface area (Å²) in [6.07, 6.45) is 0.537. The molecule has 9 heteroatoms. The summed E-state index contributed by atoms with van der Waals surface area (Å²) in [4.78, 5) is 24.7. The van der Waals surface area contributed by atoms with Crippen molar-refractivity contribution >= 4 is 38.9 Å². The molecule has 0 fully saturated rings. The predicted molar refractivity (Wildman–Crippen MR) is 125 cm³/mol. The number of methoxy groups -OCH3 is 3. The SMILES string of the molecule is COCC/C(=N\NC(=O)CNC(=O)c1ccc(OC)c(OC)c1)c1csc2ccccc12. The van der Waals surface area contributed by atoms with Crippen LogP contribution < -0.4 is 20.2 Å². The van der Waals surface area contributed by atoms with Gasteiger partial charge >= 0.3 is 0 Å². The summed E-state index contributed by atoms with van der Waals surface area (Å²) in [5.74, 6) is 0.0995. The van der Waals surface area contributed by atoms with Crippen LogP contribution in [0.25, 0.3) is 10.1 Å². The van der Waals surface area contributed by atoms with Crippen molar-refractivity contribution in [2.75, 3.05) is 34.5 Å². The number of carbonyl (C=O) groups is 2. The molecule has 0 aliphatic rings. The molecule has 0 bridgehead atoms. The van der Waals surface area contributed by atoms with Gasteiger partial charge in [0.25, 0.3) is 11.8 Å². The molecule has 0 aliphatic carbocycles. The van der Waals surface area contributed by atoms with Crippen molar-refractivity contribution in [3.8, 4) is 11.5 Å². The van der Waals surface area contributed by atoms with E-state index < -0.39 is 11.8 Å². The number of ether oxygens (including phenoxy) is 3. The lowest BCUT2D eigenvalue weighted by molar-refractivity contribution is -0.120. The number of rotatable bonds is 10. The zero-order valence-electron chi connectivity index (χ0n) is 18.1. The zero-order valence-corrected chi connectivity index (χ0v) is 19.0. The number of nitrogens with one attached hydrogen (secondary N) is 2. The van der Waals surface area contributed by atoms with E-state index in [4.69, 9.17) is 14.2 Å². The molecule has 3 rings (SSSR count). The van der Waals surface area contributed by atoms with Crippen LogP contribution in [0.4, 0.5) is 0 Å². The number of amides is 2. The number of thiophene rings is 1. The van der Waals surface area contributed by atoms with E-state index in [9.17, 15) is 9.59 Å². The standard InChI is InChI=1S/C23H25N3O5S/c1-29-11-10-18(17-14-32-21-7-5-4-6-16(17)21)25-26-22(27)13-24-23(28)15-8-9-19(30-2)20(12-15)31-3/h4-9,12,14H,10-11,13H2,1-3H3,(H,24,28)(H,26,27)/b25-18+. The molecule has 0 saturated carbocycles. The topological polar surface area (TPSA) is 98.2 Å². The van der Waals surface area contributed by atoms with Gasteiger partial charge in [-0.05, 0) is 24.3 Å². The van der Waals surface area contributed by atoms with Crippen molar-refractivity contribution in [1.82, 2.24) is 10.7 Å². The van der Waals surface area contributed by atoms with E-state index in [2.05, 4.69) is 15.8 Å². The first kappa shape index (κ1) is 23.2.